The number of rotatable bonds is 2. The van der Waals surface area contributed by atoms with E-state index in [2.05, 4.69) is 5.32 Å². The Balaban J connectivity index is 1.91. The van der Waals surface area contributed by atoms with Gasteiger partial charge in [-0.3, -0.25) is 4.79 Å². The minimum Gasteiger partial charge on any atom is -0.497 e. The van der Waals surface area contributed by atoms with Crippen LogP contribution in [0.1, 0.15) is 10.8 Å². The van der Waals surface area contributed by atoms with Crippen LogP contribution >= 0.6 is 11.8 Å². The van der Waals surface area contributed by atoms with Crippen molar-refractivity contribution < 1.29 is 9.53 Å². The Morgan fingerprint density at radius 3 is 2.58 bits per heavy atom. The molecule has 1 aliphatic rings. The summed E-state index contributed by atoms with van der Waals surface area (Å²) in [7, 11) is 1.63. The van der Waals surface area contributed by atoms with E-state index in [0.717, 1.165) is 21.9 Å². The number of carbonyl (C=O) groups is 1. The van der Waals surface area contributed by atoms with Gasteiger partial charge in [-0.15, -0.1) is 11.8 Å². The first kappa shape index (κ1) is 12.1. The third kappa shape index (κ3) is 2.31. The molecular formula is C15H13NO2S. The number of carbonyl (C=O) groups excluding carboxylic acids is 1. The smallest absolute Gasteiger partial charge is 0.242 e. The predicted octanol–water partition coefficient (Wildman–Crippen LogP) is 3.48. The number of ether oxygens (including phenoxy) is 1. The zero-order valence-corrected chi connectivity index (χ0v) is 11.2. The molecule has 3 rings (SSSR count). The molecule has 1 atom stereocenters. The lowest BCUT2D eigenvalue weighted by molar-refractivity contribution is -0.115. The molecule has 0 spiro atoms. The Kier molecular flexibility index (Phi) is 3.17. The molecule has 96 valence electrons. The molecule has 19 heavy (non-hydrogen) atoms. The van der Waals surface area contributed by atoms with Gasteiger partial charge < -0.3 is 10.1 Å². The van der Waals surface area contributed by atoms with Crippen LogP contribution in [0.5, 0.6) is 5.75 Å². The van der Waals surface area contributed by atoms with Gasteiger partial charge in [-0.2, -0.15) is 0 Å². The fourth-order valence-corrected chi connectivity index (χ4v) is 3.17. The van der Waals surface area contributed by atoms with Crippen molar-refractivity contribution in [2.24, 2.45) is 0 Å². The number of hydrogen-bond acceptors (Lipinski definition) is 3. The summed E-state index contributed by atoms with van der Waals surface area (Å²) in [5.74, 6) is 0.819. The summed E-state index contributed by atoms with van der Waals surface area (Å²) < 4.78 is 5.13. The Morgan fingerprint density at radius 1 is 1.11 bits per heavy atom. The zero-order valence-electron chi connectivity index (χ0n) is 10.4. The normalized spacial score (nSPS) is 17.5. The maximum Gasteiger partial charge on any atom is 0.242 e. The Labute approximate surface area is 116 Å². The number of nitrogens with one attached hydrogen (secondary N) is 1. The summed E-state index contributed by atoms with van der Waals surface area (Å²) in [6.45, 7) is 0. The van der Waals surface area contributed by atoms with Crippen LogP contribution in [-0.2, 0) is 4.79 Å². The van der Waals surface area contributed by atoms with E-state index in [4.69, 9.17) is 4.74 Å². The lowest BCUT2D eigenvalue weighted by Gasteiger charge is -2.24. The van der Waals surface area contributed by atoms with Crippen LogP contribution in [-0.4, -0.2) is 13.0 Å². The molecule has 0 aliphatic carbocycles. The maximum atomic E-state index is 12.1. The van der Waals surface area contributed by atoms with Gasteiger partial charge in [0.25, 0.3) is 0 Å². The van der Waals surface area contributed by atoms with Crippen molar-refractivity contribution in [1.82, 2.24) is 0 Å². The number of fused-ring (bicyclic) bond motifs is 1. The molecule has 0 saturated heterocycles. The van der Waals surface area contributed by atoms with E-state index in [1.165, 1.54) is 0 Å². The standard InChI is InChI=1S/C15H13NO2S/c1-18-11-8-6-10(7-9-11)14-15(17)16-12-4-2-3-5-13(12)19-14/h2-9,14H,1H3,(H,16,17)/t14-/m1/s1. The molecule has 2 aromatic rings. The number of thioether (sulfide) groups is 1. The van der Waals surface area contributed by atoms with Crippen LogP contribution < -0.4 is 10.1 Å². The summed E-state index contributed by atoms with van der Waals surface area (Å²) >= 11 is 1.58. The monoisotopic (exact) mass is 271 g/mol. The number of anilines is 1. The second-order valence-corrected chi connectivity index (χ2v) is 5.40. The fourth-order valence-electron chi connectivity index (χ4n) is 2.05. The molecule has 1 heterocycles. The number of methoxy groups -OCH3 is 1. The highest BCUT2D eigenvalue weighted by Crippen LogP contribution is 2.43. The summed E-state index contributed by atoms with van der Waals surface area (Å²) in [6.07, 6.45) is 0. The first-order valence-electron chi connectivity index (χ1n) is 5.98. The molecule has 0 saturated carbocycles. The molecule has 4 heteroatoms. The molecule has 1 aliphatic heterocycles. The molecule has 0 fully saturated rings. The van der Waals surface area contributed by atoms with E-state index in [1.54, 1.807) is 18.9 Å². The Morgan fingerprint density at radius 2 is 1.84 bits per heavy atom. The predicted molar refractivity (Wildman–Crippen MR) is 76.7 cm³/mol. The van der Waals surface area contributed by atoms with Crippen molar-refractivity contribution in [1.29, 1.82) is 0 Å². The van der Waals surface area contributed by atoms with E-state index in [-0.39, 0.29) is 11.2 Å². The quantitative estimate of drug-likeness (QED) is 0.908. The first-order valence-corrected chi connectivity index (χ1v) is 6.86. The van der Waals surface area contributed by atoms with Gasteiger partial charge >= 0.3 is 0 Å². The molecule has 3 nitrogen and oxygen atoms in total. The van der Waals surface area contributed by atoms with Crippen LogP contribution in [0.25, 0.3) is 0 Å². The average Bonchev–Trinajstić information content (AvgIpc) is 2.47. The van der Waals surface area contributed by atoms with Gasteiger partial charge in [0.05, 0.1) is 12.8 Å². The van der Waals surface area contributed by atoms with Crippen molar-refractivity contribution in [2.45, 2.75) is 10.1 Å². The van der Waals surface area contributed by atoms with Crippen LogP contribution in [0, 0.1) is 0 Å². The molecule has 0 bridgehead atoms. The number of para-hydroxylation sites is 1. The first-order chi connectivity index (χ1) is 9.28. The van der Waals surface area contributed by atoms with Crippen LogP contribution in [0.2, 0.25) is 0 Å². The van der Waals surface area contributed by atoms with Crippen LogP contribution in [0.3, 0.4) is 0 Å². The van der Waals surface area contributed by atoms with Gasteiger partial charge in [-0.25, -0.2) is 0 Å². The van der Waals surface area contributed by atoms with Crippen LogP contribution in [0.4, 0.5) is 5.69 Å². The van der Waals surface area contributed by atoms with E-state index in [0.29, 0.717) is 0 Å². The van der Waals surface area contributed by atoms with Crippen molar-refractivity contribution >= 4 is 23.4 Å². The Bertz CT molecular complexity index is 610. The van der Waals surface area contributed by atoms with Crippen LogP contribution in [0.15, 0.2) is 53.4 Å². The summed E-state index contributed by atoms with van der Waals surface area (Å²) in [6, 6.07) is 15.5. The average molecular weight is 271 g/mol. The highest BCUT2D eigenvalue weighted by atomic mass is 32.2. The molecule has 1 N–H and O–H groups in total. The molecular weight excluding hydrogens is 258 g/mol. The maximum absolute atomic E-state index is 12.1. The molecule has 0 radical (unpaired) electrons. The third-order valence-electron chi connectivity index (χ3n) is 3.05. The van der Waals surface area contributed by atoms with Crippen molar-refractivity contribution in [3.63, 3.8) is 0 Å². The second-order valence-electron chi connectivity index (χ2n) is 4.26. The van der Waals surface area contributed by atoms with Crippen molar-refractivity contribution in [3.8, 4) is 5.75 Å². The van der Waals surface area contributed by atoms with Crippen molar-refractivity contribution in [3.05, 3.63) is 54.1 Å². The highest BCUT2D eigenvalue weighted by molar-refractivity contribution is 8.00. The molecule has 2 aromatic carbocycles. The van der Waals surface area contributed by atoms with Gasteiger partial charge in [0, 0.05) is 4.90 Å². The van der Waals surface area contributed by atoms with Gasteiger partial charge in [0.1, 0.15) is 11.0 Å². The number of hydrogen-bond donors (Lipinski definition) is 1. The van der Waals surface area contributed by atoms with E-state index in [1.807, 2.05) is 48.5 Å². The van der Waals surface area contributed by atoms with Gasteiger partial charge in [0.15, 0.2) is 0 Å². The molecule has 0 aromatic heterocycles. The zero-order chi connectivity index (χ0) is 13.2. The third-order valence-corrected chi connectivity index (χ3v) is 4.38. The van der Waals surface area contributed by atoms with E-state index >= 15 is 0 Å². The summed E-state index contributed by atoms with van der Waals surface area (Å²) in [4.78, 5) is 13.2. The lowest BCUT2D eigenvalue weighted by Crippen LogP contribution is -2.22. The SMILES string of the molecule is COc1ccc([C@H]2Sc3ccccc3NC2=O)cc1. The van der Waals surface area contributed by atoms with Crippen molar-refractivity contribution in [2.75, 3.05) is 12.4 Å². The van der Waals surface area contributed by atoms with Gasteiger partial charge in [-0.1, -0.05) is 24.3 Å². The Hall–Kier alpha value is -1.94. The minimum absolute atomic E-state index is 0.0221. The molecule has 1 amide bonds. The topological polar surface area (TPSA) is 38.3 Å². The summed E-state index contributed by atoms with van der Waals surface area (Å²) in [5, 5.41) is 2.74. The van der Waals surface area contributed by atoms with E-state index in [9.17, 15) is 4.79 Å². The fraction of sp³-hybridized carbons (Fsp3) is 0.133. The number of benzene rings is 2. The largest absolute Gasteiger partial charge is 0.497 e. The second kappa shape index (κ2) is 4.97. The minimum atomic E-state index is -0.208. The highest BCUT2D eigenvalue weighted by Gasteiger charge is 2.27. The lowest BCUT2D eigenvalue weighted by atomic mass is 10.1. The number of amides is 1. The van der Waals surface area contributed by atoms with E-state index < -0.39 is 0 Å². The van der Waals surface area contributed by atoms with Gasteiger partial charge in [-0.05, 0) is 29.8 Å². The summed E-state index contributed by atoms with van der Waals surface area (Å²) in [5.41, 5.74) is 1.88. The van der Waals surface area contributed by atoms with Gasteiger partial charge in [0.2, 0.25) is 5.91 Å². The molecule has 0 unspecified atom stereocenters.